The van der Waals surface area contributed by atoms with E-state index < -0.39 is 47.4 Å². The van der Waals surface area contributed by atoms with E-state index in [1.165, 1.54) is 6.92 Å². The Morgan fingerprint density at radius 2 is 1.81 bits per heavy atom. The van der Waals surface area contributed by atoms with Crippen molar-refractivity contribution >= 4 is 17.6 Å². The number of H-pyrrole nitrogens is 1. The second kappa shape index (κ2) is 8.99. The highest BCUT2D eigenvalue weighted by Crippen LogP contribution is 2.30. The molecule has 2 aromatic carbocycles. The van der Waals surface area contributed by atoms with Crippen LogP contribution in [-0.4, -0.2) is 28.1 Å². The number of nitrogens with zero attached hydrogens (tertiary/aromatic N) is 1. The molecule has 3 N–H and O–H groups in total. The summed E-state index contributed by atoms with van der Waals surface area (Å²) in [5, 5.41) is 11.6. The third kappa shape index (κ3) is 5.68. The number of rotatable bonds is 6. The normalized spacial score (nSPS) is 12.3. The molecule has 2 amide bonds. The standard InChI is InChI=1S/C21H18F4N4O2/c1-12(20(31)27-18-11-17(28-29-18)13-5-3-2-4-6-13)26-19(30)10-14-9-15(21(23,24)25)7-8-16(14)22/h2-9,11-12H,10H2,1H3,(H,26,30)(H2,27,28,29,31). The summed E-state index contributed by atoms with van der Waals surface area (Å²) in [6.45, 7) is 1.39. The number of nitrogens with one attached hydrogen (secondary N) is 3. The van der Waals surface area contributed by atoms with E-state index in [1.54, 1.807) is 6.07 Å². The van der Waals surface area contributed by atoms with E-state index in [9.17, 15) is 27.2 Å². The van der Waals surface area contributed by atoms with E-state index in [0.717, 1.165) is 5.56 Å². The average Bonchev–Trinajstić information content (AvgIpc) is 3.18. The summed E-state index contributed by atoms with van der Waals surface area (Å²) in [6, 6.07) is 11.7. The van der Waals surface area contributed by atoms with E-state index in [0.29, 0.717) is 23.9 Å². The first-order chi connectivity index (χ1) is 14.6. The van der Waals surface area contributed by atoms with Crippen LogP contribution in [0.15, 0.2) is 54.6 Å². The van der Waals surface area contributed by atoms with Gasteiger partial charge in [-0.05, 0) is 36.2 Å². The number of halogens is 4. The molecule has 0 saturated heterocycles. The maximum atomic E-state index is 13.8. The van der Waals surface area contributed by atoms with Crippen molar-refractivity contribution in [1.29, 1.82) is 0 Å². The maximum Gasteiger partial charge on any atom is 0.416 e. The van der Waals surface area contributed by atoms with Crippen LogP contribution in [0.4, 0.5) is 23.4 Å². The molecule has 6 nitrogen and oxygen atoms in total. The van der Waals surface area contributed by atoms with Crippen LogP contribution in [0.25, 0.3) is 11.3 Å². The average molecular weight is 434 g/mol. The molecule has 0 aliphatic rings. The predicted octanol–water partition coefficient (Wildman–Crippen LogP) is 3.92. The molecule has 0 aliphatic heterocycles. The van der Waals surface area contributed by atoms with Gasteiger partial charge in [0.25, 0.3) is 0 Å². The first-order valence-corrected chi connectivity index (χ1v) is 9.20. The van der Waals surface area contributed by atoms with Crippen LogP contribution in [0.3, 0.4) is 0 Å². The van der Waals surface area contributed by atoms with E-state index in [2.05, 4.69) is 20.8 Å². The van der Waals surface area contributed by atoms with Gasteiger partial charge < -0.3 is 10.6 Å². The molecule has 0 fully saturated rings. The Morgan fingerprint density at radius 3 is 2.48 bits per heavy atom. The highest BCUT2D eigenvalue weighted by Gasteiger charge is 2.31. The van der Waals surface area contributed by atoms with Crippen molar-refractivity contribution in [3.05, 3.63) is 71.5 Å². The summed E-state index contributed by atoms with van der Waals surface area (Å²) in [5.74, 6) is -2.10. The van der Waals surface area contributed by atoms with Crippen LogP contribution in [0, 0.1) is 5.82 Å². The third-order valence-corrected chi connectivity index (χ3v) is 4.41. The maximum absolute atomic E-state index is 13.8. The Balaban J connectivity index is 1.59. The van der Waals surface area contributed by atoms with Gasteiger partial charge in [-0.15, -0.1) is 0 Å². The summed E-state index contributed by atoms with van der Waals surface area (Å²) in [4.78, 5) is 24.4. The van der Waals surface area contributed by atoms with Gasteiger partial charge in [0.1, 0.15) is 11.9 Å². The fraction of sp³-hybridized carbons (Fsp3) is 0.190. The molecule has 1 heterocycles. The lowest BCUT2D eigenvalue weighted by atomic mass is 10.1. The van der Waals surface area contributed by atoms with Crippen LogP contribution in [-0.2, 0) is 22.2 Å². The molecule has 0 saturated carbocycles. The van der Waals surface area contributed by atoms with Gasteiger partial charge in [-0.2, -0.15) is 18.3 Å². The van der Waals surface area contributed by atoms with E-state index in [1.807, 2.05) is 30.3 Å². The largest absolute Gasteiger partial charge is 0.416 e. The fourth-order valence-electron chi connectivity index (χ4n) is 2.80. The molecule has 0 aliphatic carbocycles. The minimum absolute atomic E-state index is 0.230. The number of aromatic amines is 1. The van der Waals surface area contributed by atoms with Crippen molar-refractivity contribution < 1.29 is 27.2 Å². The van der Waals surface area contributed by atoms with Gasteiger partial charge in [-0.25, -0.2) is 4.39 Å². The Labute approximate surface area is 174 Å². The van der Waals surface area contributed by atoms with E-state index >= 15 is 0 Å². The third-order valence-electron chi connectivity index (χ3n) is 4.41. The number of amides is 2. The van der Waals surface area contributed by atoms with Crippen molar-refractivity contribution in [2.24, 2.45) is 0 Å². The smallest absolute Gasteiger partial charge is 0.344 e. The molecule has 0 bridgehead atoms. The van der Waals surface area contributed by atoms with Gasteiger partial charge in [-0.1, -0.05) is 30.3 Å². The highest BCUT2D eigenvalue weighted by molar-refractivity contribution is 5.96. The van der Waals surface area contributed by atoms with Crippen molar-refractivity contribution in [3.63, 3.8) is 0 Å². The summed E-state index contributed by atoms with van der Waals surface area (Å²) in [7, 11) is 0. The second-order valence-electron chi connectivity index (χ2n) is 6.79. The van der Waals surface area contributed by atoms with Crippen molar-refractivity contribution in [2.75, 3.05) is 5.32 Å². The molecule has 3 rings (SSSR count). The number of aromatic nitrogens is 2. The number of anilines is 1. The summed E-state index contributed by atoms with van der Waals surface area (Å²) >= 11 is 0. The van der Waals surface area contributed by atoms with Crippen LogP contribution < -0.4 is 10.6 Å². The summed E-state index contributed by atoms with van der Waals surface area (Å²) in [5.41, 5.74) is 0.0579. The van der Waals surface area contributed by atoms with Crippen LogP contribution in [0.5, 0.6) is 0 Å². The lowest BCUT2D eigenvalue weighted by molar-refractivity contribution is -0.137. The first kappa shape index (κ1) is 22.0. The van der Waals surface area contributed by atoms with E-state index in [-0.39, 0.29) is 5.82 Å². The summed E-state index contributed by atoms with van der Waals surface area (Å²) in [6.07, 6.45) is -5.30. The van der Waals surface area contributed by atoms with Crippen LogP contribution in [0.1, 0.15) is 18.1 Å². The van der Waals surface area contributed by atoms with Gasteiger partial charge in [0.15, 0.2) is 5.82 Å². The minimum Gasteiger partial charge on any atom is -0.344 e. The number of carbonyl (C=O) groups is 2. The Morgan fingerprint density at radius 1 is 1.10 bits per heavy atom. The van der Waals surface area contributed by atoms with Crippen molar-refractivity contribution in [2.45, 2.75) is 25.6 Å². The lowest BCUT2D eigenvalue weighted by Crippen LogP contribution is -2.42. The minimum atomic E-state index is -4.66. The number of hydrogen-bond acceptors (Lipinski definition) is 3. The highest BCUT2D eigenvalue weighted by atomic mass is 19.4. The molecular formula is C21H18F4N4O2. The Bertz CT molecular complexity index is 1080. The fourth-order valence-corrected chi connectivity index (χ4v) is 2.80. The van der Waals surface area contributed by atoms with Gasteiger partial charge in [-0.3, -0.25) is 14.7 Å². The van der Waals surface area contributed by atoms with Crippen molar-refractivity contribution in [3.8, 4) is 11.3 Å². The van der Waals surface area contributed by atoms with Crippen LogP contribution >= 0.6 is 0 Å². The number of hydrogen-bond donors (Lipinski definition) is 3. The molecule has 0 spiro atoms. The van der Waals surface area contributed by atoms with Crippen molar-refractivity contribution in [1.82, 2.24) is 15.5 Å². The molecule has 0 radical (unpaired) electrons. The topological polar surface area (TPSA) is 86.9 Å². The Hall–Kier alpha value is -3.69. The number of benzene rings is 2. The molecule has 1 atom stereocenters. The van der Waals surface area contributed by atoms with Gasteiger partial charge in [0, 0.05) is 6.07 Å². The van der Waals surface area contributed by atoms with Crippen LogP contribution in [0.2, 0.25) is 0 Å². The SMILES string of the molecule is CC(NC(=O)Cc1cc(C(F)(F)F)ccc1F)C(=O)Nc1cc(-c2ccccc2)[nH]n1. The first-order valence-electron chi connectivity index (χ1n) is 9.20. The second-order valence-corrected chi connectivity index (χ2v) is 6.79. The van der Waals surface area contributed by atoms with Gasteiger partial charge in [0.2, 0.25) is 11.8 Å². The van der Waals surface area contributed by atoms with Gasteiger partial charge in [0.05, 0.1) is 17.7 Å². The zero-order chi connectivity index (χ0) is 22.6. The monoisotopic (exact) mass is 434 g/mol. The number of alkyl halides is 3. The Kier molecular flexibility index (Phi) is 6.38. The zero-order valence-electron chi connectivity index (χ0n) is 16.3. The molecule has 3 aromatic rings. The van der Waals surface area contributed by atoms with E-state index in [4.69, 9.17) is 0 Å². The molecule has 1 unspecified atom stereocenters. The molecule has 162 valence electrons. The molecule has 10 heteroatoms. The van der Waals surface area contributed by atoms with Gasteiger partial charge >= 0.3 is 6.18 Å². The predicted molar refractivity (Wildman–Crippen MR) is 105 cm³/mol. The molecule has 31 heavy (non-hydrogen) atoms. The molecule has 1 aromatic heterocycles. The number of carbonyl (C=O) groups excluding carboxylic acids is 2. The zero-order valence-corrected chi connectivity index (χ0v) is 16.3. The lowest BCUT2D eigenvalue weighted by Gasteiger charge is -2.14. The quantitative estimate of drug-likeness (QED) is 0.514. The molecular weight excluding hydrogens is 416 g/mol. The summed E-state index contributed by atoms with van der Waals surface area (Å²) < 4.78 is 52.2.